The number of nitrogens with one attached hydrogen (secondary N) is 1. The molecule has 17 heavy (non-hydrogen) atoms. The van der Waals surface area contributed by atoms with Gasteiger partial charge in [-0.1, -0.05) is 15.9 Å². The highest BCUT2D eigenvalue weighted by molar-refractivity contribution is 9.10. The SMILES string of the molecule is Fc1ccc(Br)cc1Nc1ncc(Br)cc1F. The molecule has 0 bridgehead atoms. The first-order valence-electron chi connectivity index (χ1n) is 4.59. The summed E-state index contributed by atoms with van der Waals surface area (Å²) in [7, 11) is 0. The van der Waals surface area contributed by atoms with Gasteiger partial charge >= 0.3 is 0 Å². The minimum Gasteiger partial charge on any atom is -0.335 e. The number of hydrogen-bond acceptors (Lipinski definition) is 2. The number of nitrogens with zero attached hydrogens (tertiary/aromatic N) is 1. The molecule has 2 aromatic rings. The van der Waals surface area contributed by atoms with E-state index in [4.69, 9.17) is 0 Å². The maximum absolute atomic E-state index is 13.5. The van der Waals surface area contributed by atoms with Gasteiger partial charge in [0.1, 0.15) is 5.82 Å². The van der Waals surface area contributed by atoms with Crippen LogP contribution in [0.3, 0.4) is 0 Å². The molecular weight excluding hydrogens is 358 g/mol. The van der Waals surface area contributed by atoms with Gasteiger partial charge in [-0.25, -0.2) is 13.8 Å². The molecule has 2 nitrogen and oxygen atoms in total. The van der Waals surface area contributed by atoms with Crippen LogP contribution < -0.4 is 5.32 Å². The normalized spacial score (nSPS) is 10.4. The Morgan fingerprint density at radius 1 is 1.00 bits per heavy atom. The molecule has 0 aliphatic carbocycles. The molecule has 0 amide bonds. The third kappa shape index (κ3) is 3.01. The number of rotatable bonds is 2. The highest BCUT2D eigenvalue weighted by Gasteiger charge is 2.08. The lowest BCUT2D eigenvalue weighted by molar-refractivity contribution is 0.620. The standard InChI is InChI=1S/C11H6Br2F2N2/c12-6-1-2-8(14)10(4-6)17-11-9(15)3-7(13)5-16-11/h1-5H,(H,16,17). The molecule has 0 fully saturated rings. The molecule has 0 aliphatic heterocycles. The van der Waals surface area contributed by atoms with Gasteiger partial charge < -0.3 is 5.32 Å². The molecule has 0 unspecified atom stereocenters. The van der Waals surface area contributed by atoms with Crippen LogP contribution in [0.4, 0.5) is 20.3 Å². The predicted octanol–water partition coefficient (Wildman–Crippen LogP) is 4.63. The molecule has 0 aliphatic rings. The molecule has 0 saturated heterocycles. The average Bonchev–Trinajstić information content (AvgIpc) is 2.27. The van der Waals surface area contributed by atoms with E-state index in [-0.39, 0.29) is 11.5 Å². The monoisotopic (exact) mass is 362 g/mol. The summed E-state index contributed by atoms with van der Waals surface area (Å²) in [6.07, 6.45) is 1.43. The first kappa shape index (κ1) is 12.4. The zero-order chi connectivity index (χ0) is 12.4. The van der Waals surface area contributed by atoms with Crippen molar-refractivity contribution >= 4 is 43.4 Å². The number of aromatic nitrogens is 1. The summed E-state index contributed by atoms with van der Waals surface area (Å²) in [4.78, 5) is 3.83. The summed E-state index contributed by atoms with van der Waals surface area (Å²) < 4.78 is 28.1. The Balaban J connectivity index is 2.34. The van der Waals surface area contributed by atoms with Crippen molar-refractivity contribution in [3.8, 4) is 0 Å². The quantitative estimate of drug-likeness (QED) is 0.841. The first-order chi connectivity index (χ1) is 8.06. The lowest BCUT2D eigenvalue weighted by Gasteiger charge is -2.08. The maximum Gasteiger partial charge on any atom is 0.166 e. The topological polar surface area (TPSA) is 24.9 Å². The Kier molecular flexibility index (Phi) is 3.73. The van der Waals surface area contributed by atoms with Gasteiger partial charge in [-0.2, -0.15) is 0 Å². The van der Waals surface area contributed by atoms with Gasteiger partial charge in [0.25, 0.3) is 0 Å². The minimum absolute atomic E-state index is 0.0230. The molecule has 0 radical (unpaired) electrons. The zero-order valence-corrected chi connectivity index (χ0v) is 11.5. The third-order valence-corrected chi connectivity index (χ3v) is 2.92. The lowest BCUT2D eigenvalue weighted by atomic mass is 10.3. The van der Waals surface area contributed by atoms with Crippen molar-refractivity contribution in [2.24, 2.45) is 0 Å². The van der Waals surface area contributed by atoms with E-state index in [9.17, 15) is 8.78 Å². The third-order valence-electron chi connectivity index (χ3n) is 1.99. The Morgan fingerprint density at radius 2 is 1.76 bits per heavy atom. The van der Waals surface area contributed by atoms with Crippen LogP contribution in [0.2, 0.25) is 0 Å². The number of benzene rings is 1. The van der Waals surface area contributed by atoms with Gasteiger partial charge in [-0.05, 0) is 40.2 Å². The van der Waals surface area contributed by atoms with E-state index >= 15 is 0 Å². The Bertz CT molecular complexity index is 561. The lowest BCUT2D eigenvalue weighted by Crippen LogP contribution is -1.99. The molecule has 2 rings (SSSR count). The van der Waals surface area contributed by atoms with Crippen LogP contribution in [-0.4, -0.2) is 4.98 Å². The Morgan fingerprint density at radius 3 is 2.47 bits per heavy atom. The second-order valence-electron chi connectivity index (χ2n) is 3.23. The molecular formula is C11H6Br2F2N2. The first-order valence-corrected chi connectivity index (χ1v) is 6.18. The number of hydrogen-bond donors (Lipinski definition) is 1. The van der Waals surface area contributed by atoms with E-state index < -0.39 is 11.6 Å². The van der Waals surface area contributed by atoms with Crippen LogP contribution in [0, 0.1) is 11.6 Å². The fourth-order valence-electron chi connectivity index (χ4n) is 1.23. The van der Waals surface area contributed by atoms with Crippen LogP contribution in [0.1, 0.15) is 0 Å². The fourth-order valence-corrected chi connectivity index (χ4v) is 1.89. The van der Waals surface area contributed by atoms with E-state index in [1.54, 1.807) is 6.07 Å². The van der Waals surface area contributed by atoms with E-state index in [0.29, 0.717) is 8.95 Å². The summed E-state index contributed by atoms with van der Waals surface area (Å²) in [6, 6.07) is 5.61. The van der Waals surface area contributed by atoms with E-state index in [1.165, 1.54) is 24.4 Å². The van der Waals surface area contributed by atoms with Crippen LogP contribution in [0.5, 0.6) is 0 Å². The van der Waals surface area contributed by atoms with Crippen molar-refractivity contribution in [3.63, 3.8) is 0 Å². The van der Waals surface area contributed by atoms with Crippen molar-refractivity contribution in [3.05, 3.63) is 51.0 Å². The van der Waals surface area contributed by atoms with E-state index in [1.807, 2.05) is 0 Å². The highest BCUT2D eigenvalue weighted by Crippen LogP contribution is 2.25. The van der Waals surface area contributed by atoms with Gasteiger partial charge in [0.05, 0.1) is 5.69 Å². The molecule has 6 heteroatoms. The second kappa shape index (κ2) is 5.10. The van der Waals surface area contributed by atoms with Gasteiger partial charge in [0, 0.05) is 15.1 Å². The van der Waals surface area contributed by atoms with Crippen molar-refractivity contribution in [2.75, 3.05) is 5.32 Å². The van der Waals surface area contributed by atoms with Gasteiger partial charge in [-0.3, -0.25) is 0 Å². The Labute approximate surface area is 113 Å². The van der Waals surface area contributed by atoms with Gasteiger partial charge in [-0.15, -0.1) is 0 Å². The molecule has 1 aromatic heterocycles. The Hall–Kier alpha value is -1.01. The molecule has 0 spiro atoms. The van der Waals surface area contributed by atoms with Crippen molar-refractivity contribution < 1.29 is 8.78 Å². The largest absolute Gasteiger partial charge is 0.335 e. The molecule has 0 atom stereocenters. The molecule has 0 saturated carbocycles. The van der Waals surface area contributed by atoms with Crippen LogP contribution in [-0.2, 0) is 0 Å². The highest BCUT2D eigenvalue weighted by atomic mass is 79.9. The molecule has 1 aromatic carbocycles. The summed E-state index contributed by atoms with van der Waals surface area (Å²) in [5, 5.41) is 2.60. The summed E-state index contributed by atoms with van der Waals surface area (Å²) in [5.74, 6) is -1.05. The number of halogens is 4. The van der Waals surface area contributed by atoms with Crippen molar-refractivity contribution in [1.29, 1.82) is 0 Å². The average molecular weight is 364 g/mol. The van der Waals surface area contributed by atoms with Crippen LogP contribution >= 0.6 is 31.9 Å². The van der Waals surface area contributed by atoms with Gasteiger partial charge in [0.2, 0.25) is 0 Å². The number of anilines is 2. The van der Waals surface area contributed by atoms with Crippen LogP contribution in [0.15, 0.2) is 39.4 Å². The minimum atomic E-state index is -0.557. The maximum atomic E-state index is 13.5. The van der Waals surface area contributed by atoms with Gasteiger partial charge in [0.15, 0.2) is 11.6 Å². The molecule has 1 N–H and O–H groups in total. The molecule has 1 heterocycles. The van der Waals surface area contributed by atoms with Crippen molar-refractivity contribution in [2.45, 2.75) is 0 Å². The van der Waals surface area contributed by atoms with E-state index in [0.717, 1.165) is 0 Å². The van der Waals surface area contributed by atoms with Crippen molar-refractivity contribution in [1.82, 2.24) is 4.98 Å². The smallest absolute Gasteiger partial charge is 0.166 e. The zero-order valence-electron chi connectivity index (χ0n) is 8.35. The van der Waals surface area contributed by atoms with E-state index in [2.05, 4.69) is 42.2 Å². The van der Waals surface area contributed by atoms with Crippen LogP contribution in [0.25, 0.3) is 0 Å². The fraction of sp³-hybridized carbons (Fsp3) is 0. The second-order valence-corrected chi connectivity index (χ2v) is 5.06. The summed E-state index contributed by atoms with van der Waals surface area (Å²) >= 11 is 6.31. The summed E-state index contributed by atoms with van der Waals surface area (Å²) in [5.41, 5.74) is 0.160. The number of pyridine rings is 1. The molecule has 88 valence electrons. The summed E-state index contributed by atoms with van der Waals surface area (Å²) in [6.45, 7) is 0. The predicted molar refractivity (Wildman–Crippen MR) is 69.3 cm³/mol.